The molecule has 1 aromatic rings. The molecule has 1 aliphatic heterocycles. The molecule has 0 fully saturated rings. The second-order valence-corrected chi connectivity index (χ2v) is 4.47. The molecule has 0 aliphatic carbocycles. The molecule has 3 nitrogen and oxygen atoms in total. The van der Waals surface area contributed by atoms with Gasteiger partial charge < -0.3 is 0 Å². The van der Waals surface area contributed by atoms with Gasteiger partial charge in [0.25, 0.3) is 11.7 Å². The summed E-state index contributed by atoms with van der Waals surface area (Å²) < 4.78 is 49.9. The average molecular weight is 326 g/mol. The van der Waals surface area contributed by atoms with Gasteiger partial charge >= 0.3 is 6.18 Å². The van der Waals surface area contributed by atoms with Crippen LogP contribution in [-0.4, -0.2) is 24.4 Å². The van der Waals surface area contributed by atoms with Crippen LogP contribution in [0.15, 0.2) is 16.6 Å². The SMILES string of the molecule is O=C1C(=O)N(CC(F)(F)F)c2c(Br)cc(F)cc21. The smallest absolute Gasteiger partial charge is 0.294 e. The summed E-state index contributed by atoms with van der Waals surface area (Å²) in [6.07, 6.45) is -4.65. The van der Waals surface area contributed by atoms with E-state index in [1.807, 2.05) is 0 Å². The molecule has 0 N–H and O–H groups in total. The number of carbonyl (C=O) groups is 2. The molecule has 8 heteroatoms. The number of rotatable bonds is 1. The van der Waals surface area contributed by atoms with Crippen LogP contribution in [-0.2, 0) is 4.79 Å². The van der Waals surface area contributed by atoms with Crippen molar-refractivity contribution in [3.05, 3.63) is 28.0 Å². The molecule has 0 saturated carbocycles. The Kier molecular flexibility index (Phi) is 2.92. The average Bonchev–Trinajstić information content (AvgIpc) is 2.42. The molecule has 2 rings (SSSR count). The van der Waals surface area contributed by atoms with Crippen molar-refractivity contribution in [1.29, 1.82) is 0 Å². The van der Waals surface area contributed by atoms with E-state index in [9.17, 15) is 27.2 Å². The highest BCUT2D eigenvalue weighted by Crippen LogP contribution is 2.38. The van der Waals surface area contributed by atoms with Crippen LogP contribution in [0.3, 0.4) is 0 Å². The highest BCUT2D eigenvalue weighted by Gasteiger charge is 2.43. The Morgan fingerprint density at radius 2 is 1.83 bits per heavy atom. The standard InChI is InChI=1S/C10H4BrF4NO2/c11-6-2-4(12)1-5-7(6)16(3-10(13,14)15)9(18)8(5)17/h1-2H,3H2. The third-order valence-corrected chi connectivity index (χ3v) is 2.92. The lowest BCUT2D eigenvalue weighted by atomic mass is 10.1. The minimum atomic E-state index is -4.65. The second-order valence-electron chi connectivity index (χ2n) is 3.62. The molecule has 18 heavy (non-hydrogen) atoms. The number of amides is 1. The topological polar surface area (TPSA) is 37.4 Å². The molecule has 0 saturated heterocycles. The number of fused-ring (bicyclic) bond motifs is 1. The van der Waals surface area contributed by atoms with Gasteiger partial charge in [-0.2, -0.15) is 13.2 Å². The van der Waals surface area contributed by atoms with E-state index in [-0.39, 0.29) is 15.7 Å². The van der Waals surface area contributed by atoms with E-state index < -0.39 is 30.2 Å². The zero-order valence-electron chi connectivity index (χ0n) is 8.52. The van der Waals surface area contributed by atoms with Crippen molar-refractivity contribution in [3.8, 4) is 0 Å². The zero-order chi connectivity index (χ0) is 13.7. The van der Waals surface area contributed by atoms with Crippen molar-refractivity contribution in [2.24, 2.45) is 0 Å². The fourth-order valence-electron chi connectivity index (χ4n) is 1.68. The minimum absolute atomic E-state index is 0.0686. The number of halogens is 5. The van der Waals surface area contributed by atoms with Gasteiger partial charge in [-0.15, -0.1) is 0 Å². The highest BCUT2D eigenvalue weighted by molar-refractivity contribution is 9.10. The summed E-state index contributed by atoms with van der Waals surface area (Å²) in [5, 5.41) is 0. The number of hydrogen-bond acceptors (Lipinski definition) is 2. The summed E-state index contributed by atoms with van der Waals surface area (Å²) in [6, 6.07) is 1.64. The number of alkyl halides is 3. The molecule has 1 aliphatic rings. The molecular weight excluding hydrogens is 322 g/mol. The van der Waals surface area contributed by atoms with E-state index in [4.69, 9.17) is 0 Å². The third-order valence-electron chi connectivity index (χ3n) is 2.32. The summed E-state index contributed by atoms with van der Waals surface area (Å²) in [7, 11) is 0. The van der Waals surface area contributed by atoms with Crippen LogP contribution in [0.1, 0.15) is 10.4 Å². The largest absolute Gasteiger partial charge is 0.406 e. The first-order chi connectivity index (χ1) is 8.20. The summed E-state index contributed by atoms with van der Waals surface area (Å²) in [5.74, 6) is -3.27. The molecule has 0 spiro atoms. The summed E-state index contributed by atoms with van der Waals surface area (Å²) >= 11 is 2.85. The number of benzene rings is 1. The molecule has 0 atom stereocenters. The van der Waals surface area contributed by atoms with Gasteiger partial charge in [-0.05, 0) is 28.1 Å². The van der Waals surface area contributed by atoms with Gasteiger partial charge in [0.2, 0.25) is 0 Å². The van der Waals surface area contributed by atoms with Crippen LogP contribution in [0.2, 0.25) is 0 Å². The Morgan fingerprint density at radius 1 is 1.22 bits per heavy atom. The van der Waals surface area contributed by atoms with E-state index >= 15 is 0 Å². The first-order valence-corrected chi connectivity index (χ1v) is 5.42. The summed E-state index contributed by atoms with van der Waals surface area (Å²) in [4.78, 5) is 23.2. The monoisotopic (exact) mass is 325 g/mol. The van der Waals surface area contributed by atoms with Gasteiger partial charge in [-0.1, -0.05) is 0 Å². The van der Waals surface area contributed by atoms with Crippen LogP contribution in [0.5, 0.6) is 0 Å². The van der Waals surface area contributed by atoms with Crippen molar-refractivity contribution in [3.63, 3.8) is 0 Å². The molecule has 1 aromatic carbocycles. The molecule has 1 amide bonds. The van der Waals surface area contributed by atoms with Gasteiger partial charge in [0.15, 0.2) is 0 Å². The predicted octanol–water partition coefficient (Wildman–Crippen LogP) is 2.68. The molecule has 96 valence electrons. The van der Waals surface area contributed by atoms with E-state index in [0.717, 1.165) is 12.1 Å². The highest BCUT2D eigenvalue weighted by atomic mass is 79.9. The van der Waals surface area contributed by atoms with Crippen molar-refractivity contribution >= 4 is 33.3 Å². The molecule has 0 aromatic heterocycles. The fraction of sp³-hybridized carbons (Fsp3) is 0.200. The Labute approximate surface area is 106 Å². The summed E-state index contributed by atoms with van der Waals surface area (Å²) in [6.45, 7) is -1.59. The normalized spacial score (nSPS) is 15.3. The lowest BCUT2D eigenvalue weighted by Crippen LogP contribution is -2.38. The Morgan fingerprint density at radius 3 is 2.39 bits per heavy atom. The summed E-state index contributed by atoms with van der Waals surface area (Å²) in [5.41, 5.74) is -0.611. The van der Waals surface area contributed by atoms with Crippen LogP contribution in [0.25, 0.3) is 0 Å². The van der Waals surface area contributed by atoms with Gasteiger partial charge in [-0.3, -0.25) is 14.5 Å². The Hall–Kier alpha value is -1.44. The maximum atomic E-state index is 13.1. The lowest BCUT2D eigenvalue weighted by molar-refractivity contribution is -0.129. The van der Waals surface area contributed by atoms with Crippen molar-refractivity contribution in [1.82, 2.24) is 0 Å². The number of Topliss-reactive ketones (excluding diaryl/α,β-unsaturated/α-hetero) is 1. The van der Waals surface area contributed by atoms with Gasteiger partial charge in [-0.25, -0.2) is 4.39 Å². The maximum absolute atomic E-state index is 13.1. The lowest BCUT2D eigenvalue weighted by Gasteiger charge is -2.19. The second kappa shape index (κ2) is 4.04. The van der Waals surface area contributed by atoms with Crippen LogP contribution < -0.4 is 4.90 Å². The van der Waals surface area contributed by atoms with Crippen molar-refractivity contribution in [2.75, 3.05) is 11.4 Å². The van der Waals surface area contributed by atoms with E-state index in [2.05, 4.69) is 15.9 Å². The molecular formula is C10H4BrF4NO2. The Balaban J connectivity index is 2.55. The molecule has 0 unspecified atom stereocenters. The minimum Gasteiger partial charge on any atom is -0.294 e. The number of carbonyl (C=O) groups excluding carboxylic acids is 2. The zero-order valence-corrected chi connectivity index (χ0v) is 10.1. The van der Waals surface area contributed by atoms with Gasteiger partial charge in [0.1, 0.15) is 12.4 Å². The maximum Gasteiger partial charge on any atom is 0.406 e. The number of nitrogens with zero attached hydrogens (tertiary/aromatic N) is 1. The molecule has 0 bridgehead atoms. The Bertz CT molecular complexity index is 556. The fourth-order valence-corrected chi connectivity index (χ4v) is 2.33. The van der Waals surface area contributed by atoms with Crippen LogP contribution >= 0.6 is 15.9 Å². The van der Waals surface area contributed by atoms with Gasteiger partial charge in [0.05, 0.1) is 11.3 Å². The van der Waals surface area contributed by atoms with Crippen LogP contribution in [0, 0.1) is 5.82 Å². The number of hydrogen-bond donors (Lipinski definition) is 0. The van der Waals surface area contributed by atoms with Crippen LogP contribution in [0.4, 0.5) is 23.2 Å². The first-order valence-electron chi connectivity index (χ1n) is 4.62. The van der Waals surface area contributed by atoms with Crippen molar-refractivity contribution in [2.45, 2.75) is 6.18 Å². The first kappa shape index (κ1) is 13.0. The number of anilines is 1. The van der Waals surface area contributed by atoms with Gasteiger partial charge in [0, 0.05) is 4.47 Å². The molecule has 1 heterocycles. The number of ketones is 1. The van der Waals surface area contributed by atoms with E-state index in [1.54, 1.807) is 0 Å². The van der Waals surface area contributed by atoms with E-state index in [0.29, 0.717) is 4.90 Å². The molecule has 0 radical (unpaired) electrons. The predicted molar refractivity (Wildman–Crippen MR) is 56.8 cm³/mol. The van der Waals surface area contributed by atoms with Crippen molar-refractivity contribution < 1.29 is 27.2 Å². The van der Waals surface area contributed by atoms with E-state index in [1.165, 1.54) is 0 Å². The third kappa shape index (κ3) is 2.12. The quantitative estimate of drug-likeness (QED) is 0.588.